The summed E-state index contributed by atoms with van der Waals surface area (Å²) >= 11 is 0. The molecule has 0 saturated carbocycles. The zero-order valence-corrected chi connectivity index (χ0v) is 14.0. The van der Waals surface area contributed by atoms with E-state index in [2.05, 4.69) is 44.8 Å². The molecule has 1 saturated heterocycles. The van der Waals surface area contributed by atoms with Crippen LogP contribution >= 0.6 is 0 Å². The number of carbonyl (C=O) groups is 1. The van der Waals surface area contributed by atoms with Crippen molar-refractivity contribution in [1.29, 1.82) is 0 Å². The van der Waals surface area contributed by atoms with E-state index in [4.69, 9.17) is 0 Å². The van der Waals surface area contributed by atoms with Crippen LogP contribution in [0.3, 0.4) is 0 Å². The van der Waals surface area contributed by atoms with Crippen LogP contribution in [-0.4, -0.2) is 60.5 Å². The molecule has 20 heavy (non-hydrogen) atoms. The van der Waals surface area contributed by atoms with E-state index in [1.807, 2.05) is 4.90 Å². The summed E-state index contributed by atoms with van der Waals surface area (Å²) in [6, 6.07) is 0.392. The molecule has 2 unspecified atom stereocenters. The van der Waals surface area contributed by atoms with Gasteiger partial charge in [0.2, 0.25) is 5.91 Å². The molecule has 1 amide bonds. The van der Waals surface area contributed by atoms with E-state index in [-0.39, 0.29) is 11.9 Å². The Morgan fingerprint density at radius 3 is 2.35 bits per heavy atom. The molecule has 1 fully saturated rings. The minimum absolute atomic E-state index is 0.0168. The van der Waals surface area contributed by atoms with E-state index in [0.717, 1.165) is 32.7 Å². The second-order valence-corrected chi connectivity index (χ2v) is 6.19. The molecule has 0 bridgehead atoms. The number of likely N-dealkylation sites (N-methyl/N-ethyl adjacent to an activating group) is 1. The van der Waals surface area contributed by atoms with Crippen molar-refractivity contribution in [3.8, 4) is 0 Å². The summed E-state index contributed by atoms with van der Waals surface area (Å²) in [6.07, 6.45) is 2.54. The normalized spacial score (nSPS) is 21.2. The van der Waals surface area contributed by atoms with E-state index in [1.54, 1.807) is 0 Å². The molecule has 2 atom stereocenters. The summed E-state index contributed by atoms with van der Waals surface area (Å²) in [6.45, 7) is 15.4. The maximum Gasteiger partial charge on any atom is 0.239 e. The van der Waals surface area contributed by atoms with Gasteiger partial charge in [-0.2, -0.15) is 0 Å². The quantitative estimate of drug-likeness (QED) is 0.776. The summed E-state index contributed by atoms with van der Waals surface area (Å²) in [4.78, 5) is 16.9. The summed E-state index contributed by atoms with van der Waals surface area (Å²) in [5, 5.41) is 3.47. The summed E-state index contributed by atoms with van der Waals surface area (Å²) < 4.78 is 0. The van der Waals surface area contributed by atoms with Gasteiger partial charge in [0.25, 0.3) is 0 Å². The van der Waals surface area contributed by atoms with Crippen LogP contribution in [0, 0.1) is 5.92 Å². The number of hydrogen-bond acceptors (Lipinski definition) is 3. The number of nitrogens with one attached hydrogen (secondary N) is 1. The third-order valence-corrected chi connectivity index (χ3v) is 4.46. The standard InChI is InChI=1S/C16H33N3O/c1-6-18(7-2)16(20)14(5)19(13(3)4)12-15-9-8-10-17-11-15/h13-15,17H,6-12H2,1-5H3. The average Bonchev–Trinajstić information content (AvgIpc) is 2.46. The molecule has 0 aliphatic carbocycles. The lowest BCUT2D eigenvalue weighted by Crippen LogP contribution is -2.52. The number of carbonyl (C=O) groups excluding carboxylic acids is 1. The second kappa shape index (κ2) is 8.63. The third kappa shape index (κ3) is 4.74. The average molecular weight is 283 g/mol. The van der Waals surface area contributed by atoms with Crippen LogP contribution in [0.25, 0.3) is 0 Å². The molecule has 0 aromatic rings. The van der Waals surface area contributed by atoms with Gasteiger partial charge in [-0.25, -0.2) is 0 Å². The Morgan fingerprint density at radius 1 is 1.25 bits per heavy atom. The van der Waals surface area contributed by atoms with E-state index in [0.29, 0.717) is 12.0 Å². The largest absolute Gasteiger partial charge is 0.342 e. The second-order valence-electron chi connectivity index (χ2n) is 6.19. The van der Waals surface area contributed by atoms with Crippen LogP contribution in [0.2, 0.25) is 0 Å². The number of piperidine rings is 1. The molecule has 0 aromatic carbocycles. The van der Waals surface area contributed by atoms with Gasteiger partial charge in [-0.05, 0) is 66.5 Å². The fraction of sp³-hybridized carbons (Fsp3) is 0.938. The van der Waals surface area contributed by atoms with Crippen LogP contribution < -0.4 is 5.32 Å². The Hall–Kier alpha value is -0.610. The first-order valence-corrected chi connectivity index (χ1v) is 8.26. The van der Waals surface area contributed by atoms with E-state index in [9.17, 15) is 4.79 Å². The van der Waals surface area contributed by atoms with Crippen LogP contribution in [-0.2, 0) is 4.79 Å². The highest BCUT2D eigenvalue weighted by Crippen LogP contribution is 2.17. The van der Waals surface area contributed by atoms with Gasteiger partial charge in [0.1, 0.15) is 0 Å². The lowest BCUT2D eigenvalue weighted by Gasteiger charge is -2.38. The molecular weight excluding hydrogens is 250 g/mol. The highest BCUT2D eigenvalue weighted by Gasteiger charge is 2.28. The highest BCUT2D eigenvalue weighted by molar-refractivity contribution is 5.81. The molecule has 4 nitrogen and oxygen atoms in total. The van der Waals surface area contributed by atoms with E-state index >= 15 is 0 Å². The number of nitrogens with zero attached hydrogens (tertiary/aromatic N) is 2. The van der Waals surface area contributed by atoms with Gasteiger partial charge in [-0.3, -0.25) is 9.69 Å². The van der Waals surface area contributed by atoms with Crippen LogP contribution in [0.15, 0.2) is 0 Å². The lowest BCUT2D eigenvalue weighted by molar-refractivity contribution is -0.137. The van der Waals surface area contributed by atoms with Crippen molar-refractivity contribution in [3.63, 3.8) is 0 Å². The predicted octanol–water partition coefficient (Wildman–Crippen LogP) is 1.95. The van der Waals surface area contributed by atoms with E-state index in [1.165, 1.54) is 12.8 Å². The third-order valence-electron chi connectivity index (χ3n) is 4.46. The number of rotatable bonds is 7. The first-order chi connectivity index (χ1) is 9.51. The zero-order valence-electron chi connectivity index (χ0n) is 14.0. The number of amides is 1. The van der Waals surface area contributed by atoms with Crippen molar-refractivity contribution in [1.82, 2.24) is 15.1 Å². The SMILES string of the molecule is CCN(CC)C(=O)C(C)N(CC1CCCNC1)C(C)C. The van der Waals surface area contributed by atoms with Gasteiger partial charge in [-0.1, -0.05) is 0 Å². The topological polar surface area (TPSA) is 35.6 Å². The molecule has 1 N–H and O–H groups in total. The van der Waals surface area contributed by atoms with Crippen molar-refractivity contribution in [2.24, 2.45) is 5.92 Å². The van der Waals surface area contributed by atoms with Crippen molar-refractivity contribution >= 4 is 5.91 Å². The van der Waals surface area contributed by atoms with Crippen molar-refractivity contribution in [2.75, 3.05) is 32.7 Å². The maximum absolute atomic E-state index is 12.6. The molecule has 0 aromatic heterocycles. The van der Waals surface area contributed by atoms with Gasteiger partial charge in [0.05, 0.1) is 6.04 Å². The lowest BCUT2D eigenvalue weighted by atomic mass is 9.97. The fourth-order valence-corrected chi connectivity index (χ4v) is 3.14. The molecule has 0 radical (unpaired) electrons. The molecule has 4 heteroatoms. The molecule has 1 rings (SSSR count). The maximum atomic E-state index is 12.6. The number of hydrogen-bond donors (Lipinski definition) is 1. The van der Waals surface area contributed by atoms with Gasteiger partial charge < -0.3 is 10.2 Å². The summed E-state index contributed by atoms with van der Waals surface area (Å²) in [5.41, 5.74) is 0. The first kappa shape index (κ1) is 17.4. The molecule has 1 aliphatic heterocycles. The van der Waals surface area contributed by atoms with E-state index < -0.39 is 0 Å². The Morgan fingerprint density at radius 2 is 1.90 bits per heavy atom. The highest BCUT2D eigenvalue weighted by atomic mass is 16.2. The molecule has 0 spiro atoms. The summed E-state index contributed by atoms with van der Waals surface area (Å²) in [7, 11) is 0. The van der Waals surface area contributed by atoms with Gasteiger partial charge in [-0.15, -0.1) is 0 Å². The Kier molecular flexibility index (Phi) is 7.52. The Labute approximate surface area is 124 Å². The van der Waals surface area contributed by atoms with Crippen molar-refractivity contribution in [3.05, 3.63) is 0 Å². The van der Waals surface area contributed by atoms with Crippen LogP contribution in [0.4, 0.5) is 0 Å². The Bertz CT molecular complexity index is 283. The predicted molar refractivity (Wildman–Crippen MR) is 84.8 cm³/mol. The minimum Gasteiger partial charge on any atom is -0.342 e. The van der Waals surface area contributed by atoms with Gasteiger partial charge >= 0.3 is 0 Å². The fourth-order valence-electron chi connectivity index (χ4n) is 3.14. The minimum atomic E-state index is -0.0168. The first-order valence-electron chi connectivity index (χ1n) is 8.26. The molecular formula is C16H33N3O. The van der Waals surface area contributed by atoms with Crippen LogP contribution in [0.5, 0.6) is 0 Å². The summed E-state index contributed by atoms with van der Waals surface area (Å²) in [5.74, 6) is 0.950. The Balaban J connectivity index is 2.66. The molecule has 1 aliphatic rings. The molecule has 118 valence electrons. The van der Waals surface area contributed by atoms with Gasteiger partial charge in [0.15, 0.2) is 0 Å². The van der Waals surface area contributed by atoms with Crippen LogP contribution in [0.1, 0.15) is 47.5 Å². The monoisotopic (exact) mass is 283 g/mol. The smallest absolute Gasteiger partial charge is 0.239 e. The van der Waals surface area contributed by atoms with Crippen molar-refractivity contribution < 1.29 is 4.79 Å². The van der Waals surface area contributed by atoms with Crippen molar-refractivity contribution in [2.45, 2.75) is 59.5 Å². The zero-order chi connectivity index (χ0) is 15.1. The van der Waals surface area contributed by atoms with Gasteiger partial charge in [0, 0.05) is 25.7 Å². The molecule has 1 heterocycles.